The molecule has 0 saturated carbocycles. The van der Waals surface area contributed by atoms with E-state index in [4.69, 9.17) is 4.42 Å². The van der Waals surface area contributed by atoms with Gasteiger partial charge in [-0.25, -0.2) is 0 Å². The molecule has 2 heteroatoms. The van der Waals surface area contributed by atoms with E-state index in [-0.39, 0.29) is 5.41 Å². The van der Waals surface area contributed by atoms with E-state index in [2.05, 4.69) is 101 Å². The van der Waals surface area contributed by atoms with Crippen molar-refractivity contribution in [3.63, 3.8) is 0 Å². The summed E-state index contributed by atoms with van der Waals surface area (Å²) in [7, 11) is 0. The van der Waals surface area contributed by atoms with Gasteiger partial charge in [0.25, 0.3) is 0 Å². The van der Waals surface area contributed by atoms with Crippen LogP contribution in [0.2, 0.25) is 0 Å². The molecule has 3 aromatic rings. The first-order valence-electron chi connectivity index (χ1n) is 9.95. The molecule has 2 aromatic carbocycles. The van der Waals surface area contributed by atoms with Crippen LogP contribution in [-0.4, -0.2) is 6.04 Å². The molecule has 0 bridgehead atoms. The van der Waals surface area contributed by atoms with Gasteiger partial charge in [0.15, 0.2) is 0 Å². The van der Waals surface area contributed by atoms with Gasteiger partial charge in [0.1, 0.15) is 11.5 Å². The summed E-state index contributed by atoms with van der Waals surface area (Å²) in [6.07, 6.45) is 0. The highest BCUT2D eigenvalue weighted by Gasteiger charge is 2.43. The largest absolute Gasteiger partial charge is 0.462 e. The fourth-order valence-electron chi connectivity index (χ4n) is 4.37. The van der Waals surface area contributed by atoms with E-state index >= 15 is 0 Å². The van der Waals surface area contributed by atoms with Gasteiger partial charge < -0.3 is 9.32 Å². The zero-order valence-corrected chi connectivity index (χ0v) is 17.2. The molecule has 0 N–H and O–H groups in total. The van der Waals surface area contributed by atoms with E-state index in [1.165, 1.54) is 28.1 Å². The van der Waals surface area contributed by atoms with Gasteiger partial charge in [0, 0.05) is 23.2 Å². The monoisotopic (exact) mass is 359 g/mol. The normalized spacial score (nSPS) is 15.2. The summed E-state index contributed by atoms with van der Waals surface area (Å²) in [5, 5.41) is 0. The van der Waals surface area contributed by atoms with Gasteiger partial charge in [-0.3, -0.25) is 0 Å². The Bertz CT molecular complexity index is 963. The third kappa shape index (κ3) is 2.62. The van der Waals surface area contributed by atoms with Crippen LogP contribution >= 0.6 is 0 Å². The van der Waals surface area contributed by atoms with Gasteiger partial charge in [0.2, 0.25) is 0 Å². The second kappa shape index (κ2) is 6.30. The maximum atomic E-state index is 6.66. The lowest BCUT2D eigenvalue weighted by molar-refractivity contribution is 0.389. The number of hydrogen-bond acceptors (Lipinski definition) is 2. The summed E-state index contributed by atoms with van der Waals surface area (Å²) >= 11 is 0. The lowest BCUT2D eigenvalue weighted by atomic mass is 9.76. The molecule has 0 fully saturated rings. The maximum Gasteiger partial charge on any atom is 0.138 e. The summed E-state index contributed by atoms with van der Waals surface area (Å²) in [5.74, 6) is 2.48. The van der Waals surface area contributed by atoms with Crippen molar-refractivity contribution in [3.05, 3.63) is 71.7 Å². The SMILES string of the molecule is CC(C)c1oc2c(c1-c1ccccc1)N(C(C)C)c1ccccc1C2(C)C. The third-order valence-electron chi connectivity index (χ3n) is 5.66. The lowest BCUT2D eigenvalue weighted by Crippen LogP contribution is -2.36. The van der Waals surface area contributed by atoms with Crippen molar-refractivity contribution in [2.75, 3.05) is 4.90 Å². The minimum absolute atomic E-state index is 0.173. The first kappa shape index (κ1) is 17.9. The van der Waals surface area contributed by atoms with E-state index in [1.807, 2.05) is 0 Å². The first-order valence-corrected chi connectivity index (χ1v) is 9.95. The van der Waals surface area contributed by atoms with Gasteiger partial charge >= 0.3 is 0 Å². The molecule has 1 aliphatic rings. The first-order chi connectivity index (χ1) is 12.8. The number of furan rings is 1. The molecule has 2 heterocycles. The number of para-hydroxylation sites is 1. The fraction of sp³-hybridized carbons (Fsp3) is 0.360. The highest BCUT2D eigenvalue weighted by Crippen LogP contribution is 2.56. The number of hydrogen-bond donors (Lipinski definition) is 0. The molecule has 0 spiro atoms. The van der Waals surface area contributed by atoms with Crippen molar-refractivity contribution in [2.45, 2.75) is 58.9 Å². The summed E-state index contributed by atoms with van der Waals surface area (Å²) < 4.78 is 6.66. The molecule has 0 unspecified atom stereocenters. The molecule has 1 aromatic heterocycles. The number of benzene rings is 2. The van der Waals surface area contributed by atoms with Crippen LogP contribution in [0.25, 0.3) is 11.1 Å². The Labute approximate surface area is 162 Å². The van der Waals surface area contributed by atoms with Crippen LogP contribution in [0.3, 0.4) is 0 Å². The predicted molar refractivity (Wildman–Crippen MR) is 114 cm³/mol. The number of rotatable bonds is 3. The summed E-state index contributed by atoms with van der Waals surface area (Å²) in [4.78, 5) is 2.47. The quantitative estimate of drug-likeness (QED) is 0.489. The molecule has 0 aliphatic carbocycles. The van der Waals surface area contributed by atoms with Gasteiger partial charge in [0.05, 0.1) is 11.1 Å². The molecule has 0 amide bonds. The third-order valence-corrected chi connectivity index (χ3v) is 5.66. The molecule has 0 radical (unpaired) electrons. The van der Waals surface area contributed by atoms with Crippen LogP contribution < -0.4 is 4.90 Å². The number of anilines is 2. The second-order valence-electron chi connectivity index (χ2n) is 8.65. The van der Waals surface area contributed by atoms with Crippen molar-refractivity contribution in [1.29, 1.82) is 0 Å². The Hall–Kier alpha value is -2.48. The van der Waals surface area contributed by atoms with Crippen LogP contribution in [0.15, 0.2) is 59.0 Å². The zero-order valence-electron chi connectivity index (χ0n) is 17.2. The number of nitrogens with zero attached hydrogens (tertiary/aromatic N) is 1. The molecule has 27 heavy (non-hydrogen) atoms. The zero-order chi connectivity index (χ0) is 19.3. The van der Waals surface area contributed by atoms with Crippen LogP contribution in [-0.2, 0) is 5.41 Å². The molecule has 4 rings (SSSR count). The van der Waals surface area contributed by atoms with Gasteiger partial charge in [-0.1, -0.05) is 62.4 Å². The van der Waals surface area contributed by atoms with Gasteiger partial charge in [-0.15, -0.1) is 0 Å². The standard InChI is InChI=1S/C25H29NO/c1-16(2)23-21(18-12-8-7-9-13-18)22-24(27-23)25(5,6)19-14-10-11-15-20(19)26(22)17(3)4/h7-17H,1-6H3. The van der Waals surface area contributed by atoms with Crippen LogP contribution in [0.5, 0.6) is 0 Å². The molecule has 0 saturated heterocycles. The van der Waals surface area contributed by atoms with Crippen molar-refractivity contribution >= 4 is 11.4 Å². The molecule has 0 atom stereocenters. The van der Waals surface area contributed by atoms with Crippen molar-refractivity contribution in [3.8, 4) is 11.1 Å². The minimum Gasteiger partial charge on any atom is -0.462 e. The van der Waals surface area contributed by atoms with Crippen LogP contribution in [0, 0.1) is 0 Å². The average molecular weight is 360 g/mol. The van der Waals surface area contributed by atoms with E-state index in [9.17, 15) is 0 Å². The molecular formula is C25H29NO. The average Bonchev–Trinajstić information content (AvgIpc) is 3.04. The topological polar surface area (TPSA) is 16.4 Å². The molecule has 2 nitrogen and oxygen atoms in total. The van der Waals surface area contributed by atoms with Crippen LogP contribution in [0.1, 0.15) is 64.5 Å². The van der Waals surface area contributed by atoms with Crippen molar-refractivity contribution in [2.24, 2.45) is 0 Å². The van der Waals surface area contributed by atoms with E-state index in [0.717, 1.165) is 11.5 Å². The van der Waals surface area contributed by atoms with Crippen molar-refractivity contribution in [1.82, 2.24) is 0 Å². The Kier molecular flexibility index (Phi) is 4.18. The highest BCUT2D eigenvalue weighted by molar-refractivity contribution is 5.90. The van der Waals surface area contributed by atoms with E-state index < -0.39 is 0 Å². The Morgan fingerprint density at radius 2 is 1.48 bits per heavy atom. The Morgan fingerprint density at radius 1 is 0.852 bits per heavy atom. The smallest absolute Gasteiger partial charge is 0.138 e. The summed E-state index contributed by atoms with van der Waals surface area (Å²) in [6, 6.07) is 19.8. The van der Waals surface area contributed by atoms with Crippen LogP contribution in [0.4, 0.5) is 11.4 Å². The maximum absolute atomic E-state index is 6.66. The lowest BCUT2D eigenvalue weighted by Gasteiger charge is -2.41. The Morgan fingerprint density at radius 3 is 2.11 bits per heavy atom. The van der Waals surface area contributed by atoms with Gasteiger partial charge in [-0.05, 0) is 44.9 Å². The van der Waals surface area contributed by atoms with E-state index in [0.29, 0.717) is 12.0 Å². The summed E-state index contributed by atoms with van der Waals surface area (Å²) in [6.45, 7) is 13.5. The minimum atomic E-state index is -0.173. The number of fused-ring (bicyclic) bond motifs is 2. The van der Waals surface area contributed by atoms with Gasteiger partial charge in [-0.2, -0.15) is 0 Å². The second-order valence-corrected chi connectivity index (χ2v) is 8.65. The van der Waals surface area contributed by atoms with Crippen molar-refractivity contribution < 1.29 is 4.42 Å². The molecular weight excluding hydrogens is 330 g/mol. The fourth-order valence-corrected chi connectivity index (χ4v) is 4.37. The van der Waals surface area contributed by atoms with E-state index in [1.54, 1.807) is 0 Å². The molecule has 1 aliphatic heterocycles. The highest BCUT2D eigenvalue weighted by atomic mass is 16.3. The summed E-state index contributed by atoms with van der Waals surface area (Å²) in [5.41, 5.74) is 6.16. The predicted octanol–water partition coefficient (Wildman–Crippen LogP) is 7.26. The Balaban J connectivity index is 2.11. The molecule has 140 valence electrons.